The topological polar surface area (TPSA) is 344 Å². The van der Waals surface area contributed by atoms with Crippen LogP contribution in [0.3, 0.4) is 0 Å². The van der Waals surface area contributed by atoms with Gasteiger partial charge in [-0.05, 0) is 253 Å². The van der Waals surface area contributed by atoms with Gasteiger partial charge in [-0.2, -0.15) is 0 Å². The molecule has 36 heteroatoms. The number of halogens is 4. The van der Waals surface area contributed by atoms with Crippen molar-refractivity contribution in [1.82, 2.24) is 99.8 Å². The van der Waals surface area contributed by atoms with Gasteiger partial charge in [-0.15, -0.1) is 45.3 Å². The molecule has 5 N–H and O–H groups in total. The highest BCUT2D eigenvalue weighted by Gasteiger charge is 2.32. The lowest BCUT2D eigenvalue weighted by Crippen LogP contribution is -2.38. The summed E-state index contributed by atoms with van der Waals surface area (Å²) in [5.41, 5.74) is 14.8. The molecule has 0 spiro atoms. The predicted octanol–water partition coefficient (Wildman–Crippen LogP) is 22.3. The number of carbonyl (C=O) groups is 4. The molecule has 4 saturated heterocycles. The van der Waals surface area contributed by atoms with Gasteiger partial charge >= 0.3 is 0 Å². The molecule has 4 fully saturated rings. The summed E-state index contributed by atoms with van der Waals surface area (Å²) in [6.45, 7) is 23.9. The third kappa shape index (κ3) is 22.2. The van der Waals surface area contributed by atoms with Gasteiger partial charge in [-0.1, -0.05) is 102 Å². The van der Waals surface area contributed by atoms with Crippen molar-refractivity contribution in [2.45, 2.75) is 156 Å². The maximum Gasteiger partial charge on any atom is 0.182 e. The number of hydrogen-bond donors (Lipinski definition) is 5. The first kappa shape index (κ1) is 95.0. The average molecular weight is 1950 g/mol. The second kappa shape index (κ2) is 43.5. The van der Waals surface area contributed by atoms with Crippen LogP contribution in [0.2, 0.25) is 20.1 Å². The van der Waals surface area contributed by atoms with Crippen molar-refractivity contribution >= 4 is 223 Å². The van der Waals surface area contributed by atoms with Crippen LogP contribution < -0.4 is 26.6 Å². The summed E-state index contributed by atoms with van der Waals surface area (Å²) in [5, 5.41) is 25.8. The number of pyridine rings is 4. The quantitative estimate of drug-likeness (QED) is 0.0314. The lowest BCUT2D eigenvalue weighted by Gasteiger charge is -2.34. The van der Waals surface area contributed by atoms with Gasteiger partial charge in [-0.25, -0.2) is 79.7 Å². The largest absolute Gasteiger partial charge is 0.360 e. The van der Waals surface area contributed by atoms with Crippen LogP contribution >= 0.6 is 91.8 Å². The van der Waals surface area contributed by atoms with E-state index in [0.717, 1.165) is 218 Å². The number of nitrogens with one attached hydrogen (secondary N) is 5. The van der Waals surface area contributed by atoms with Crippen molar-refractivity contribution < 1.29 is 19.2 Å². The van der Waals surface area contributed by atoms with E-state index in [-0.39, 0.29) is 47.3 Å². The van der Waals surface area contributed by atoms with Crippen molar-refractivity contribution in [3.63, 3.8) is 0 Å². The number of thiazole rings is 4. The van der Waals surface area contributed by atoms with Crippen LogP contribution in [0.4, 0.5) is 23.3 Å². The molecule has 0 radical (unpaired) electrons. The van der Waals surface area contributed by atoms with E-state index in [0.29, 0.717) is 122 Å². The fraction of sp³-hybridized carbons (Fsp3) is 0.388. The Balaban J connectivity index is 0.000000124. The van der Waals surface area contributed by atoms with Crippen LogP contribution in [0.25, 0.3) is 84.5 Å². The Morgan fingerprint density at radius 3 is 0.918 bits per heavy atom. The fourth-order valence-corrected chi connectivity index (χ4v) is 21.7. The Morgan fingerprint density at radius 1 is 0.373 bits per heavy atom. The zero-order chi connectivity index (χ0) is 93.2. The molecule has 16 heterocycles. The summed E-state index contributed by atoms with van der Waals surface area (Å²) < 4.78 is 0. The van der Waals surface area contributed by atoms with E-state index in [4.69, 9.17) is 66.3 Å². The predicted molar refractivity (Wildman–Crippen MR) is 542 cm³/mol. The van der Waals surface area contributed by atoms with Crippen LogP contribution in [-0.2, 0) is 0 Å². The van der Waals surface area contributed by atoms with Crippen molar-refractivity contribution in [2.75, 3.05) is 87.2 Å². The number of Topliss-reactive ketones (excluding diaryl/α,β-unsaturated/α-hetero) is 4. The summed E-state index contributed by atoms with van der Waals surface area (Å²) in [6, 6.07) is 30.6. The van der Waals surface area contributed by atoms with Gasteiger partial charge in [-0.3, -0.25) is 19.2 Å². The molecule has 16 aromatic rings. The number of aromatic nitrogens is 16. The van der Waals surface area contributed by atoms with Gasteiger partial charge in [0.05, 0.1) is 89.1 Å². The molecule has 4 aliphatic heterocycles. The molecule has 134 heavy (non-hydrogen) atoms. The molecule has 0 bridgehead atoms. The highest BCUT2D eigenvalue weighted by Crippen LogP contribution is 2.40. The van der Waals surface area contributed by atoms with Crippen molar-refractivity contribution in [1.29, 1.82) is 0 Å². The summed E-state index contributed by atoms with van der Waals surface area (Å²) >= 11 is 32.1. The molecule has 0 amide bonds. The number of rotatable bonds is 26. The minimum atomic E-state index is -0.195. The van der Waals surface area contributed by atoms with Crippen molar-refractivity contribution in [2.24, 2.45) is 23.7 Å². The van der Waals surface area contributed by atoms with Gasteiger partial charge in [0.2, 0.25) is 0 Å². The summed E-state index contributed by atoms with van der Waals surface area (Å²) in [6.07, 6.45) is 16.3. The monoisotopic (exact) mass is 1950 g/mol. The Morgan fingerprint density at radius 2 is 0.642 bits per heavy atom. The molecule has 20 rings (SSSR count). The number of anilines is 4. The van der Waals surface area contributed by atoms with Gasteiger partial charge in [0.15, 0.2) is 46.4 Å². The molecule has 0 aliphatic carbocycles. The highest BCUT2D eigenvalue weighted by molar-refractivity contribution is 7.17. The minimum Gasteiger partial charge on any atom is -0.360 e. The van der Waals surface area contributed by atoms with Gasteiger partial charge in [0, 0.05) is 53.3 Å². The number of hydrogen-bond acceptors (Lipinski definition) is 32. The summed E-state index contributed by atoms with van der Waals surface area (Å²) in [4.78, 5) is 136. The number of likely N-dealkylation sites (tertiary alicyclic amines) is 3. The maximum atomic E-state index is 13.6. The molecule has 4 atom stereocenters. The zero-order valence-electron chi connectivity index (χ0n) is 75.7. The number of piperidine rings is 4. The summed E-state index contributed by atoms with van der Waals surface area (Å²) in [7, 11) is 2.13. The number of benzene rings is 4. The molecule has 692 valence electrons. The summed E-state index contributed by atoms with van der Waals surface area (Å²) in [5.74, 6) is 4.35. The van der Waals surface area contributed by atoms with Crippen LogP contribution in [0, 0.1) is 23.7 Å². The molecular formula is C98H104Cl4N24O4S4. The first-order valence-corrected chi connectivity index (χ1v) is 50.6. The average Bonchev–Trinajstić information content (AvgIpc) is 0.814. The van der Waals surface area contributed by atoms with Gasteiger partial charge in [0.25, 0.3) is 0 Å². The van der Waals surface area contributed by atoms with E-state index in [1.54, 1.807) is 22.0 Å². The number of ketones is 4. The number of fused-ring (bicyclic) bond motifs is 8. The molecule has 28 nitrogen and oxygen atoms in total. The van der Waals surface area contributed by atoms with Crippen LogP contribution in [0.5, 0.6) is 0 Å². The molecule has 4 aromatic carbocycles. The van der Waals surface area contributed by atoms with E-state index < -0.39 is 0 Å². The van der Waals surface area contributed by atoms with E-state index >= 15 is 0 Å². The van der Waals surface area contributed by atoms with Gasteiger partial charge in [0.1, 0.15) is 89.5 Å². The normalized spacial score (nSPS) is 16.2. The second-order valence-corrected chi connectivity index (χ2v) is 40.2. The van der Waals surface area contributed by atoms with E-state index in [2.05, 4.69) is 129 Å². The molecule has 0 unspecified atom stereocenters. The Kier molecular flexibility index (Phi) is 30.9. The van der Waals surface area contributed by atoms with E-state index in [9.17, 15) is 19.2 Å². The standard InChI is InChI=1S/C26H29ClN6OS.C25H27ClN6OS.C24H25ClN6OS.C23H23ClN6OS/c1-15(2)33-9-7-17(8-10-33)11-21(34)23-22-18(5-4-6-19(22)27)12-20(32-23)16(3)31-25-24-26(29-13-28-25)35-14-30-24;1-3-32-9-7-16(8-10-32)11-20(33)22-21-17(5-4-6-18(21)26)12-19(31-22)15(2)30-24-23-25(28-13-27-24)34-14-29-23;1-14(29-23-22-24(27-12-26-23)33-13-28-22)18-11-16-4-3-5-17(25)20(16)21(30-18)19(32)10-15-6-8-31(2)9-7-15;1-13(29-22-21-23(27-11-26-22)32-12-28-21)17-10-15-3-2-4-16(24)19(15)20(30-17)18(31)9-14-5-7-25-8-6-14/h4-6,12-17H,7-11H2,1-3H3,(H,28,29,31);4-6,12-16H,3,7-11H2,1-2H3,(H,27,28,30);3-5,11-15H,6-10H2,1-2H3,(H,26,27,29);2-4,10-14,25H,5-9H2,1H3,(H,26,27,29)/t16-;15-;14-;13-/m0000/s1. The van der Waals surface area contributed by atoms with Crippen molar-refractivity contribution in [3.8, 4) is 0 Å². The lowest BCUT2D eigenvalue weighted by molar-refractivity contribution is 0.0904. The van der Waals surface area contributed by atoms with Crippen molar-refractivity contribution in [3.05, 3.63) is 210 Å². The van der Waals surface area contributed by atoms with E-state index in [1.807, 2.05) is 125 Å². The van der Waals surface area contributed by atoms with E-state index in [1.165, 1.54) is 70.7 Å². The highest BCUT2D eigenvalue weighted by atomic mass is 35.5. The first-order chi connectivity index (χ1) is 65.0. The Hall–Kier alpha value is -10.7. The number of nitrogens with zero attached hydrogens (tertiary/aromatic N) is 19. The van der Waals surface area contributed by atoms with Crippen LogP contribution in [-0.4, -0.2) is 190 Å². The SMILES string of the molecule is CC(C)N1CCC(CC(=O)c2nc([C@H](C)Nc3ncnc4scnc34)cc3cccc(Cl)c23)CC1.CCN1CCC(CC(=O)c2nc([C@H](C)Nc3ncnc4scnc34)cc3cccc(Cl)c23)CC1.C[C@H](Nc1ncnc2scnc12)c1cc2cccc(Cl)c2c(C(=O)CC2CCN(C)CC2)n1.C[C@H](Nc1ncnc2scnc12)c1cc2cccc(Cl)c2c(C(=O)CC2CCNCC2)n1. The molecule has 4 aliphatic rings. The molecular weight excluding hydrogens is 1850 g/mol. The smallest absolute Gasteiger partial charge is 0.182 e. The maximum absolute atomic E-state index is 13.6. The van der Waals surface area contributed by atoms with Crippen LogP contribution in [0.1, 0.15) is 214 Å². The van der Waals surface area contributed by atoms with Gasteiger partial charge < -0.3 is 41.3 Å². The second-order valence-electron chi connectivity index (χ2n) is 35.2. The Labute approximate surface area is 812 Å². The lowest BCUT2D eigenvalue weighted by atomic mass is 9.89. The minimum absolute atomic E-state index is 0.0491. The van der Waals surface area contributed by atoms with Crippen LogP contribution in [0.15, 0.2) is 144 Å². The third-order valence-electron chi connectivity index (χ3n) is 25.8. The Bertz CT molecular complexity index is 6940. The molecule has 12 aromatic heterocycles. The third-order valence-corrected chi connectivity index (χ3v) is 30.0. The molecule has 0 saturated carbocycles. The fourth-order valence-electron chi connectivity index (χ4n) is 18.1. The zero-order valence-corrected chi connectivity index (χ0v) is 82.0. The first-order valence-electron chi connectivity index (χ1n) is 45.6. The number of carbonyl (C=O) groups excluding carboxylic acids is 4.